The maximum Gasteiger partial charge on any atom is 0.287 e. The summed E-state index contributed by atoms with van der Waals surface area (Å²) < 4.78 is 20.7. The van der Waals surface area contributed by atoms with Gasteiger partial charge in [-0.15, -0.1) is 11.3 Å². The second-order valence-corrected chi connectivity index (χ2v) is 9.16. The minimum Gasteiger partial charge on any atom is -0.454 e. The molecule has 8 heteroatoms. The van der Waals surface area contributed by atoms with Crippen LogP contribution in [0.25, 0.3) is 0 Å². The van der Waals surface area contributed by atoms with Crippen LogP contribution in [0.4, 0.5) is 4.39 Å². The van der Waals surface area contributed by atoms with Gasteiger partial charge in [0.1, 0.15) is 11.6 Å². The second-order valence-electron chi connectivity index (χ2n) is 7.97. The number of aryl methyl sites for hydroxylation is 2. The first kappa shape index (κ1) is 23.4. The molecule has 2 amide bonds. The number of rotatable bonds is 6. The normalized spacial score (nSPS) is 11.6. The van der Waals surface area contributed by atoms with Crippen LogP contribution in [0.1, 0.15) is 48.4 Å². The van der Waals surface area contributed by atoms with Gasteiger partial charge in [0, 0.05) is 22.7 Å². The zero-order chi connectivity index (χ0) is 24.2. The molecule has 0 saturated carbocycles. The van der Waals surface area contributed by atoms with Gasteiger partial charge in [-0.3, -0.25) is 9.59 Å². The number of amides is 2. The van der Waals surface area contributed by atoms with Crippen LogP contribution < -0.4 is 10.1 Å². The first-order chi connectivity index (χ1) is 16.3. The van der Waals surface area contributed by atoms with Crippen molar-refractivity contribution in [1.82, 2.24) is 9.88 Å². The number of benzene rings is 2. The maximum atomic E-state index is 13.0. The van der Waals surface area contributed by atoms with Gasteiger partial charge in [-0.25, -0.2) is 4.39 Å². The van der Waals surface area contributed by atoms with E-state index in [0.29, 0.717) is 22.7 Å². The third-order valence-corrected chi connectivity index (χ3v) is 6.51. The first-order valence-corrected chi connectivity index (χ1v) is 11.6. The van der Waals surface area contributed by atoms with Crippen LogP contribution in [0, 0.1) is 26.6 Å². The van der Waals surface area contributed by atoms with Crippen molar-refractivity contribution in [3.8, 4) is 0 Å². The van der Waals surface area contributed by atoms with Gasteiger partial charge in [0.25, 0.3) is 11.8 Å². The van der Waals surface area contributed by atoms with Gasteiger partial charge in [0.2, 0.25) is 0 Å². The Morgan fingerprint density at radius 3 is 2.56 bits per heavy atom. The third kappa shape index (κ3) is 5.40. The molecule has 0 unspecified atom stereocenters. The van der Waals surface area contributed by atoms with Crippen molar-refractivity contribution in [2.24, 2.45) is 4.99 Å². The van der Waals surface area contributed by atoms with Gasteiger partial charge in [-0.2, -0.15) is 4.99 Å². The second kappa shape index (κ2) is 10.0. The number of carbonyl (C=O) groups is 2. The molecule has 1 N–H and O–H groups in total. The Kier molecular flexibility index (Phi) is 6.88. The predicted molar refractivity (Wildman–Crippen MR) is 128 cm³/mol. The van der Waals surface area contributed by atoms with Crippen molar-refractivity contribution in [2.45, 2.75) is 33.9 Å². The molecule has 0 aliphatic rings. The Hall–Kier alpha value is -3.78. The summed E-state index contributed by atoms with van der Waals surface area (Å²) in [5, 5.41) is 2.76. The minimum atomic E-state index is -0.363. The highest BCUT2D eigenvalue weighted by atomic mass is 32.1. The fraction of sp³-hybridized carbons (Fsp3) is 0.192. The molecule has 0 bridgehead atoms. The Balaban J connectivity index is 1.51. The molecule has 4 aromatic rings. The standard InChI is InChI=1S/C26H24FN3O3S/c1-16-5-4-6-20(13-16)24(31)29-26-30(17(2)18(3)34-26)15-22-11-12-23(33-22)25(32)28-14-19-7-9-21(27)10-8-19/h4-13H,14-15H2,1-3H3,(H,28,32). The maximum absolute atomic E-state index is 13.0. The summed E-state index contributed by atoms with van der Waals surface area (Å²) in [6.07, 6.45) is 0. The molecule has 0 aliphatic carbocycles. The van der Waals surface area contributed by atoms with E-state index in [0.717, 1.165) is 21.7 Å². The number of aromatic nitrogens is 1. The highest BCUT2D eigenvalue weighted by Crippen LogP contribution is 2.15. The minimum absolute atomic E-state index is 0.177. The van der Waals surface area contributed by atoms with Crippen LogP contribution in [0.5, 0.6) is 0 Å². The molecular weight excluding hydrogens is 453 g/mol. The fourth-order valence-corrected chi connectivity index (χ4v) is 4.38. The highest BCUT2D eigenvalue weighted by Gasteiger charge is 2.15. The number of thiazole rings is 1. The summed E-state index contributed by atoms with van der Waals surface area (Å²) in [6, 6.07) is 16.6. The molecule has 2 aromatic heterocycles. The molecule has 6 nitrogen and oxygen atoms in total. The summed E-state index contributed by atoms with van der Waals surface area (Å²) >= 11 is 1.44. The number of furan rings is 1. The van der Waals surface area contributed by atoms with E-state index in [9.17, 15) is 14.0 Å². The van der Waals surface area contributed by atoms with E-state index >= 15 is 0 Å². The van der Waals surface area contributed by atoms with E-state index in [1.54, 1.807) is 30.3 Å². The summed E-state index contributed by atoms with van der Waals surface area (Å²) in [4.78, 5) is 31.2. The average molecular weight is 478 g/mol. The van der Waals surface area contributed by atoms with E-state index in [-0.39, 0.29) is 29.9 Å². The van der Waals surface area contributed by atoms with Gasteiger partial charge >= 0.3 is 0 Å². The van der Waals surface area contributed by atoms with Crippen molar-refractivity contribution < 1.29 is 18.4 Å². The molecule has 0 radical (unpaired) electrons. The van der Waals surface area contributed by atoms with Crippen LogP contribution in [0.15, 0.2) is 70.1 Å². The van der Waals surface area contributed by atoms with Crippen LogP contribution in [-0.4, -0.2) is 16.4 Å². The molecule has 2 heterocycles. The summed E-state index contributed by atoms with van der Waals surface area (Å²) in [5.41, 5.74) is 3.28. The Bertz CT molecular complexity index is 1410. The van der Waals surface area contributed by atoms with Crippen molar-refractivity contribution in [2.75, 3.05) is 0 Å². The molecule has 34 heavy (non-hydrogen) atoms. The van der Waals surface area contributed by atoms with Crippen LogP contribution in [0.2, 0.25) is 0 Å². The van der Waals surface area contributed by atoms with Gasteiger partial charge in [0.05, 0.1) is 6.54 Å². The van der Waals surface area contributed by atoms with Crippen LogP contribution in [0.3, 0.4) is 0 Å². The third-order valence-electron chi connectivity index (χ3n) is 5.42. The molecule has 0 spiro atoms. The molecule has 0 saturated heterocycles. The lowest BCUT2D eigenvalue weighted by atomic mass is 10.1. The number of halogens is 1. The number of hydrogen-bond acceptors (Lipinski definition) is 4. The topological polar surface area (TPSA) is 76.6 Å². The lowest BCUT2D eigenvalue weighted by Crippen LogP contribution is -2.22. The van der Waals surface area contributed by atoms with Crippen molar-refractivity contribution in [3.05, 3.63) is 110 Å². The number of nitrogens with zero attached hydrogens (tertiary/aromatic N) is 2. The van der Waals surface area contributed by atoms with Crippen molar-refractivity contribution >= 4 is 23.2 Å². The van der Waals surface area contributed by atoms with Gasteiger partial charge in [-0.1, -0.05) is 29.8 Å². The molecule has 4 rings (SSSR count). The number of nitrogens with one attached hydrogen (secondary N) is 1. The smallest absolute Gasteiger partial charge is 0.287 e. The van der Waals surface area contributed by atoms with Crippen LogP contribution >= 0.6 is 11.3 Å². The molecule has 174 valence electrons. The zero-order valence-electron chi connectivity index (χ0n) is 19.1. The monoisotopic (exact) mass is 477 g/mol. The highest BCUT2D eigenvalue weighted by molar-refractivity contribution is 7.09. The first-order valence-electron chi connectivity index (χ1n) is 10.7. The quantitative estimate of drug-likeness (QED) is 0.428. The molecule has 0 fully saturated rings. The van der Waals surface area contributed by atoms with Crippen molar-refractivity contribution in [1.29, 1.82) is 0 Å². The van der Waals surface area contributed by atoms with Gasteiger partial charge < -0.3 is 14.3 Å². The van der Waals surface area contributed by atoms with E-state index in [1.165, 1.54) is 23.5 Å². The Morgan fingerprint density at radius 2 is 1.82 bits per heavy atom. The fourth-order valence-electron chi connectivity index (χ4n) is 3.41. The lowest BCUT2D eigenvalue weighted by Gasteiger charge is -2.05. The van der Waals surface area contributed by atoms with E-state index in [4.69, 9.17) is 4.42 Å². The Labute approximate surface area is 200 Å². The summed E-state index contributed by atoms with van der Waals surface area (Å²) in [6.45, 7) is 6.46. The summed E-state index contributed by atoms with van der Waals surface area (Å²) in [5.74, 6) is -0.250. The lowest BCUT2D eigenvalue weighted by molar-refractivity contribution is 0.0920. The molecule has 2 aromatic carbocycles. The van der Waals surface area contributed by atoms with Crippen molar-refractivity contribution in [3.63, 3.8) is 0 Å². The van der Waals surface area contributed by atoms with E-state index in [1.807, 2.05) is 43.5 Å². The zero-order valence-corrected chi connectivity index (χ0v) is 19.9. The van der Waals surface area contributed by atoms with Gasteiger partial charge in [-0.05, 0) is 62.7 Å². The van der Waals surface area contributed by atoms with Crippen LogP contribution in [-0.2, 0) is 13.1 Å². The molecule has 0 aliphatic heterocycles. The van der Waals surface area contributed by atoms with E-state index in [2.05, 4.69) is 10.3 Å². The number of hydrogen-bond donors (Lipinski definition) is 1. The van der Waals surface area contributed by atoms with Gasteiger partial charge in [0.15, 0.2) is 10.6 Å². The average Bonchev–Trinajstić information content (AvgIpc) is 3.39. The Morgan fingerprint density at radius 1 is 1.06 bits per heavy atom. The predicted octanol–water partition coefficient (Wildman–Crippen LogP) is 4.93. The summed E-state index contributed by atoms with van der Waals surface area (Å²) in [7, 11) is 0. The number of carbonyl (C=O) groups excluding carboxylic acids is 2. The largest absolute Gasteiger partial charge is 0.454 e. The SMILES string of the molecule is Cc1cccc(C(=O)N=c2sc(C)c(C)n2Cc2ccc(C(=O)NCc3ccc(F)cc3)o2)c1. The molecule has 0 atom stereocenters. The molecular formula is C26H24FN3O3S. The van der Waals surface area contributed by atoms with E-state index < -0.39 is 0 Å².